The summed E-state index contributed by atoms with van der Waals surface area (Å²) in [6, 6.07) is 17.5. The topological polar surface area (TPSA) is 23.6 Å². The van der Waals surface area contributed by atoms with E-state index >= 15 is 0 Å². The van der Waals surface area contributed by atoms with Crippen LogP contribution in [0.15, 0.2) is 48.5 Å². The third-order valence-electron chi connectivity index (χ3n) is 5.11. The number of hydrogen-bond acceptors (Lipinski definition) is 2. The molecule has 2 aromatic carbocycles. The van der Waals surface area contributed by atoms with Crippen molar-refractivity contribution >= 4 is 5.91 Å². The molecule has 3 heteroatoms. The van der Waals surface area contributed by atoms with Gasteiger partial charge in [-0.25, -0.2) is 0 Å². The molecule has 2 bridgehead atoms. The van der Waals surface area contributed by atoms with Crippen LogP contribution in [-0.4, -0.2) is 36.3 Å². The van der Waals surface area contributed by atoms with Crippen molar-refractivity contribution in [3.05, 3.63) is 70.8 Å². The lowest BCUT2D eigenvalue weighted by molar-refractivity contribution is -0.135. The van der Waals surface area contributed by atoms with E-state index in [0.29, 0.717) is 12.5 Å². The van der Waals surface area contributed by atoms with Gasteiger partial charge in [-0.3, -0.25) is 4.79 Å². The molecule has 0 aromatic heterocycles. The molecule has 23 heavy (non-hydrogen) atoms. The third-order valence-corrected chi connectivity index (χ3v) is 5.11. The zero-order valence-electron chi connectivity index (χ0n) is 13.7. The molecule has 0 fully saturated rings. The van der Waals surface area contributed by atoms with Crippen LogP contribution in [0.5, 0.6) is 0 Å². The van der Waals surface area contributed by atoms with Crippen LogP contribution in [0.25, 0.3) is 0 Å². The Kier molecular flexibility index (Phi) is 3.46. The molecule has 0 spiro atoms. The Labute approximate surface area is 137 Å². The first-order valence-electron chi connectivity index (χ1n) is 8.26. The molecule has 0 radical (unpaired) electrons. The van der Waals surface area contributed by atoms with Crippen molar-refractivity contribution in [1.82, 2.24) is 9.80 Å². The van der Waals surface area contributed by atoms with Gasteiger partial charge in [0.05, 0.1) is 12.6 Å². The fourth-order valence-electron chi connectivity index (χ4n) is 4.13. The van der Waals surface area contributed by atoms with Gasteiger partial charge in [0.2, 0.25) is 5.91 Å². The standard InChI is InChI=1S/C20H22N2O/c1-21(2)13-20(23)22-12-14-7-3-4-8-15(14)18-11-19(22)17-10-6-5-9-16(17)18/h3-10,18-19H,11-13H2,1-2H3. The normalized spacial score (nSPS) is 21.8. The lowest BCUT2D eigenvalue weighted by Gasteiger charge is -2.30. The molecule has 2 atom stereocenters. The maximum atomic E-state index is 12.9. The predicted octanol–water partition coefficient (Wildman–Crippen LogP) is 3.17. The van der Waals surface area contributed by atoms with Gasteiger partial charge >= 0.3 is 0 Å². The number of amides is 1. The lowest BCUT2D eigenvalue weighted by atomic mass is 9.89. The highest BCUT2D eigenvalue weighted by Crippen LogP contribution is 2.50. The molecule has 3 nitrogen and oxygen atoms in total. The molecule has 1 heterocycles. The molecular formula is C20H22N2O. The van der Waals surface area contributed by atoms with E-state index in [1.54, 1.807) is 0 Å². The SMILES string of the molecule is CN(C)CC(=O)N1Cc2ccccc2C2CC1c1ccccc12. The Morgan fingerprint density at radius 3 is 2.43 bits per heavy atom. The summed E-state index contributed by atoms with van der Waals surface area (Å²) < 4.78 is 0. The Morgan fingerprint density at radius 1 is 1.04 bits per heavy atom. The fraction of sp³-hybridized carbons (Fsp3) is 0.350. The summed E-state index contributed by atoms with van der Waals surface area (Å²) in [5.74, 6) is 0.636. The van der Waals surface area contributed by atoms with Gasteiger partial charge in [-0.05, 0) is 42.8 Å². The first-order valence-corrected chi connectivity index (χ1v) is 8.26. The van der Waals surface area contributed by atoms with Gasteiger partial charge in [-0.1, -0.05) is 48.5 Å². The molecule has 1 aliphatic heterocycles. The zero-order chi connectivity index (χ0) is 16.0. The first-order chi connectivity index (χ1) is 11.1. The summed E-state index contributed by atoms with van der Waals surface area (Å²) in [4.78, 5) is 16.9. The van der Waals surface area contributed by atoms with Crippen LogP contribution < -0.4 is 0 Å². The average Bonchev–Trinajstić information content (AvgIpc) is 2.81. The molecule has 4 rings (SSSR count). The summed E-state index contributed by atoms with van der Waals surface area (Å²) in [5, 5.41) is 0. The quantitative estimate of drug-likeness (QED) is 0.851. The third kappa shape index (κ3) is 2.36. The van der Waals surface area contributed by atoms with Crippen molar-refractivity contribution in [3.63, 3.8) is 0 Å². The second kappa shape index (κ2) is 5.50. The van der Waals surface area contributed by atoms with Gasteiger partial charge in [0.1, 0.15) is 0 Å². The maximum absolute atomic E-state index is 12.9. The van der Waals surface area contributed by atoms with E-state index in [1.807, 2.05) is 19.0 Å². The summed E-state index contributed by atoms with van der Waals surface area (Å²) >= 11 is 0. The largest absolute Gasteiger partial charge is 0.330 e. The van der Waals surface area contributed by atoms with Crippen molar-refractivity contribution in [2.45, 2.75) is 24.9 Å². The second-order valence-corrected chi connectivity index (χ2v) is 6.89. The van der Waals surface area contributed by atoms with E-state index in [9.17, 15) is 4.79 Å². The van der Waals surface area contributed by atoms with E-state index < -0.39 is 0 Å². The van der Waals surface area contributed by atoms with E-state index in [0.717, 1.165) is 13.0 Å². The van der Waals surface area contributed by atoms with E-state index in [1.165, 1.54) is 22.3 Å². The van der Waals surface area contributed by atoms with E-state index in [2.05, 4.69) is 53.4 Å². The number of rotatable bonds is 2. The Hall–Kier alpha value is -2.13. The zero-order valence-corrected chi connectivity index (χ0v) is 13.7. The Bertz CT molecular complexity index is 753. The van der Waals surface area contributed by atoms with Gasteiger partial charge in [0.25, 0.3) is 0 Å². The molecule has 0 saturated heterocycles. The molecule has 0 N–H and O–H groups in total. The van der Waals surface area contributed by atoms with Crippen LogP contribution in [0, 0.1) is 0 Å². The van der Waals surface area contributed by atoms with Crippen molar-refractivity contribution in [2.24, 2.45) is 0 Å². The molecular weight excluding hydrogens is 284 g/mol. The van der Waals surface area contributed by atoms with Crippen molar-refractivity contribution in [1.29, 1.82) is 0 Å². The molecule has 118 valence electrons. The minimum Gasteiger partial charge on any atom is -0.330 e. The van der Waals surface area contributed by atoms with Crippen LogP contribution in [0.2, 0.25) is 0 Å². The predicted molar refractivity (Wildman–Crippen MR) is 91.2 cm³/mol. The Morgan fingerprint density at radius 2 is 1.70 bits per heavy atom. The van der Waals surface area contributed by atoms with Crippen LogP contribution in [0.1, 0.15) is 40.6 Å². The fourth-order valence-corrected chi connectivity index (χ4v) is 4.13. The number of benzene rings is 2. The highest BCUT2D eigenvalue weighted by molar-refractivity contribution is 5.79. The van der Waals surface area contributed by atoms with Crippen LogP contribution in [-0.2, 0) is 11.3 Å². The molecule has 2 unspecified atom stereocenters. The van der Waals surface area contributed by atoms with E-state index in [-0.39, 0.29) is 11.9 Å². The number of fused-ring (bicyclic) bond motifs is 7. The number of nitrogens with zero attached hydrogens (tertiary/aromatic N) is 2. The number of carbonyl (C=O) groups excluding carboxylic acids is 1. The summed E-state index contributed by atoms with van der Waals surface area (Å²) in [7, 11) is 3.91. The molecule has 1 amide bonds. The number of carbonyl (C=O) groups is 1. The summed E-state index contributed by atoms with van der Waals surface area (Å²) in [6.07, 6.45) is 1.01. The van der Waals surface area contributed by atoms with E-state index in [4.69, 9.17) is 0 Å². The highest BCUT2D eigenvalue weighted by Gasteiger charge is 2.40. The minimum atomic E-state index is 0.205. The number of likely N-dealkylation sites (N-methyl/N-ethyl adjacent to an activating group) is 1. The first kappa shape index (κ1) is 14.5. The Balaban J connectivity index is 1.83. The molecule has 0 saturated carbocycles. The van der Waals surface area contributed by atoms with Crippen LogP contribution in [0.3, 0.4) is 0 Å². The van der Waals surface area contributed by atoms with Gasteiger partial charge in [-0.2, -0.15) is 0 Å². The maximum Gasteiger partial charge on any atom is 0.237 e. The monoisotopic (exact) mass is 306 g/mol. The van der Waals surface area contributed by atoms with Gasteiger partial charge in [0, 0.05) is 12.5 Å². The lowest BCUT2D eigenvalue weighted by Crippen LogP contribution is -2.39. The minimum absolute atomic E-state index is 0.205. The second-order valence-electron chi connectivity index (χ2n) is 6.89. The smallest absolute Gasteiger partial charge is 0.237 e. The van der Waals surface area contributed by atoms with Crippen LogP contribution >= 0.6 is 0 Å². The van der Waals surface area contributed by atoms with Gasteiger partial charge < -0.3 is 9.80 Å². The van der Waals surface area contributed by atoms with Gasteiger partial charge in [-0.15, -0.1) is 0 Å². The summed E-state index contributed by atoms with van der Waals surface area (Å²) in [5.41, 5.74) is 5.41. The van der Waals surface area contributed by atoms with Crippen molar-refractivity contribution in [2.75, 3.05) is 20.6 Å². The van der Waals surface area contributed by atoms with Gasteiger partial charge in [0.15, 0.2) is 0 Å². The van der Waals surface area contributed by atoms with Crippen molar-refractivity contribution in [3.8, 4) is 0 Å². The molecule has 2 aliphatic rings. The van der Waals surface area contributed by atoms with Crippen molar-refractivity contribution < 1.29 is 4.79 Å². The summed E-state index contributed by atoms with van der Waals surface area (Å²) in [6.45, 7) is 1.18. The number of hydrogen-bond donors (Lipinski definition) is 0. The molecule has 2 aromatic rings. The average molecular weight is 306 g/mol. The van der Waals surface area contributed by atoms with Crippen LogP contribution in [0.4, 0.5) is 0 Å². The molecule has 1 aliphatic carbocycles. The highest BCUT2D eigenvalue weighted by atomic mass is 16.2.